The zero-order valence-electron chi connectivity index (χ0n) is 18.0. The van der Waals surface area contributed by atoms with Crippen molar-refractivity contribution >= 4 is 39.0 Å². The summed E-state index contributed by atoms with van der Waals surface area (Å²) in [5.74, 6) is 0. The van der Waals surface area contributed by atoms with E-state index in [0.29, 0.717) is 5.69 Å². The third kappa shape index (κ3) is 3.40. The maximum Gasteiger partial charge on any atom is 0.137 e. The smallest absolute Gasteiger partial charge is 0.137 e. The molecule has 0 bridgehead atoms. The van der Waals surface area contributed by atoms with Gasteiger partial charge in [-0.1, -0.05) is 97.1 Å². The lowest BCUT2D eigenvalue weighted by Gasteiger charge is -2.19. The molecule has 0 radical (unpaired) electrons. The van der Waals surface area contributed by atoms with Crippen molar-refractivity contribution in [3.05, 3.63) is 115 Å². The van der Waals surface area contributed by atoms with Crippen molar-refractivity contribution in [1.29, 1.82) is 0 Å². The van der Waals surface area contributed by atoms with Crippen molar-refractivity contribution in [2.75, 3.05) is 11.1 Å². The van der Waals surface area contributed by atoms with Crippen LogP contribution in [0.15, 0.2) is 120 Å². The van der Waals surface area contributed by atoms with Gasteiger partial charge in [0.2, 0.25) is 0 Å². The number of para-hydroxylation sites is 2. The Morgan fingerprint density at radius 2 is 1.15 bits per heavy atom. The molecule has 0 aliphatic heterocycles. The largest absolute Gasteiger partial charge is 0.456 e. The molecule has 0 spiro atoms. The Balaban J connectivity index is 1.56. The Morgan fingerprint density at radius 3 is 1.82 bits per heavy atom. The van der Waals surface area contributed by atoms with Gasteiger partial charge >= 0.3 is 0 Å². The lowest BCUT2D eigenvalue weighted by molar-refractivity contribution is 0.669. The topological polar surface area (TPSA) is 51.2 Å². The van der Waals surface area contributed by atoms with Gasteiger partial charge in [0.1, 0.15) is 11.2 Å². The molecule has 33 heavy (non-hydrogen) atoms. The van der Waals surface area contributed by atoms with E-state index in [2.05, 4.69) is 84.2 Å². The fraction of sp³-hybridized carbons (Fsp3) is 0. The van der Waals surface area contributed by atoms with Crippen LogP contribution in [0.3, 0.4) is 0 Å². The van der Waals surface area contributed by atoms with E-state index in [0.717, 1.165) is 55.6 Å². The minimum Gasteiger partial charge on any atom is -0.456 e. The maximum absolute atomic E-state index is 6.51. The minimum absolute atomic E-state index is 0.642. The van der Waals surface area contributed by atoms with Crippen LogP contribution in [0.4, 0.5) is 17.1 Å². The van der Waals surface area contributed by atoms with Crippen LogP contribution in [-0.4, -0.2) is 0 Å². The van der Waals surface area contributed by atoms with Gasteiger partial charge < -0.3 is 15.5 Å². The second kappa shape index (κ2) is 7.88. The van der Waals surface area contributed by atoms with E-state index in [1.54, 1.807) is 0 Å². The molecule has 0 aliphatic rings. The Kier molecular flexibility index (Phi) is 4.59. The zero-order valence-corrected chi connectivity index (χ0v) is 18.0. The van der Waals surface area contributed by atoms with Crippen LogP contribution in [0.25, 0.3) is 44.2 Å². The number of furan rings is 1. The predicted molar refractivity (Wildman–Crippen MR) is 139 cm³/mol. The van der Waals surface area contributed by atoms with Crippen molar-refractivity contribution in [1.82, 2.24) is 0 Å². The SMILES string of the molecule is Nc1cc2oc3ccccc3c2cc1Nc1c(-c2ccccc2)cccc1-c1ccccc1. The number of nitrogens with two attached hydrogens (primary N) is 1. The first-order valence-electron chi connectivity index (χ1n) is 11.0. The summed E-state index contributed by atoms with van der Waals surface area (Å²) in [4.78, 5) is 0. The van der Waals surface area contributed by atoms with E-state index < -0.39 is 0 Å². The van der Waals surface area contributed by atoms with Gasteiger partial charge in [0.25, 0.3) is 0 Å². The minimum atomic E-state index is 0.642. The average molecular weight is 427 g/mol. The number of fused-ring (bicyclic) bond motifs is 3. The molecule has 5 aromatic carbocycles. The van der Waals surface area contributed by atoms with Crippen molar-refractivity contribution in [2.45, 2.75) is 0 Å². The predicted octanol–water partition coefficient (Wildman–Crippen LogP) is 8.25. The number of nitrogens with one attached hydrogen (secondary N) is 1. The Morgan fingerprint density at radius 1 is 0.545 bits per heavy atom. The molecule has 0 saturated heterocycles. The first-order chi connectivity index (χ1) is 16.3. The third-order valence-electron chi connectivity index (χ3n) is 6.04. The number of hydrogen-bond acceptors (Lipinski definition) is 3. The van der Waals surface area contributed by atoms with Crippen LogP contribution in [-0.2, 0) is 0 Å². The van der Waals surface area contributed by atoms with Crippen LogP contribution >= 0.6 is 0 Å². The quantitative estimate of drug-likeness (QED) is 0.279. The van der Waals surface area contributed by atoms with Crippen molar-refractivity contribution in [3.63, 3.8) is 0 Å². The summed E-state index contributed by atoms with van der Waals surface area (Å²) in [6.07, 6.45) is 0. The first-order valence-corrected chi connectivity index (χ1v) is 11.0. The average Bonchev–Trinajstić information content (AvgIpc) is 3.22. The summed E-state index contributed by atoms with van der Waals surface area (Å²) >= 11 is 0. The van der Waals surface area contributed by atoms with Crippen LogP contribution in [0.2, 0.25) is 0 Å². The Labute approximate surface area is 192 Å². The number of benzene rings is 5. The Bertz CT molecular complexity index is 1530. The van der Waals surface area contributed by atoms with Gasteiger partial charge in [-0.05, 0) is 23.3 Å². The summed E-state index contributed by atoms with van der Waals surface area (Å²) in [6, 6.07) is 39.3. The molecule has 0 saturated carbocycles. The van der Waals surface area contributed by atoms with E-state index in [-0.39, 0.29) is 0 Å². The molecule has 6 rings (SSSR count). The van der Waals surface area contributed by atoms with Crippen LogP contribution in [0, 0.1) is 0 Å². The molecule has 6 aromatic rings. The number of hydrogen-bond donors (Lipinski definition) is 2. The van der Waals surface area contributed by atoms with Crippen LogP contribution in [0.1, 0.15) is 0 Å². The van der Waals surface area contributed by atoms with Crippen molar-refractivity contribution in [2.24, 2.45) is 0 Å². The molecule has 0 unspecified atom stereocenters. The third-order valence-corrected chi connectivity index (χ3v) is 6.04. The lowest BCUT2D eigenvalue weighted by Crippen LogP contribution is -2.00. The molecule has 0 aliphatic carbocycles. The van der Waals surface area contributed by atoms with Gasteiger partial charge in [0.05, 0.1) is 17.1 Å². The molecular weight excluding hydrogens is 404 g/mol. The number of anilines is 3. The van der Waals surface area contributed by atoms with Gasteiger partial charge in [0, 0.05) is 28.0 Å². The maximum atomic E-state index is 6.51. The Hall–Kier alpha value is -4.50. The summed E-state index contributed by atoms with van der Waals surface area (Å²) in [7, 11) is 0. The summed E-state index contributed by atoms with van der Waals surface area (Å²) in [5, 5.41) is 5.81. The van der Waals surface area contributed by atoms with E-state index >= 15 is 0 Å². The summed E-state index contributed by atoms with van der Waals surface area (Å²) < 4.78 is 6.02. The second-order valence-electron chi connectivity index (χ2n) is 8.12. The molecule has 0 fully saturated rings. The highest BCUT2D eigenvalue weighted by Crippen LogP contribution is 2.41. The van der Waals surface area contributed by atoms with E-state index in [1.165, 1.54) is 0 Å². The van der Waals surface area contributed by atoms with Gasteiger partial charge in [-0.2, -0.15) is 0 Å². The first kappa shape index (κ1) is 19.2. The fourth-order valence-electron chi connectivity index (χ4n) is 4.43. The lowest BCUT2D eigenvalue weighted by atomic mass is 9.95. The van der Waals surface area contributed by atoms with E-state index in [1.807, 2.05) is 36.4 Å². The highest BCUT2D eigenvalue weighted by atomic mass is 16.3. The molecule has 0 amide bonds. The van der Waals surface area contributed by atoms with Gasteiger partial charge in [-0.3, -0.25) is 0 Å². The van der Waals surface area contributed by atoms with E-state index in [4.69, 9.17) is 10.2 Å². The molecule has 0 atom stereocenters. The molecule has 3 N–H and O–H groups in total. The number of rotatable bonds is 4. The monoisotopic (exact) mass is 426 g/mol. The molecule has 1 aromatic heterocycles. The van der Waals surface area contributed by atoms with Crippen LogP contribution < -0.4 is 11.1 Å². The fourth-order valence-corrected chi connectivity index (χ4v) is 4.43. The highest BCUT2D eigenvalue weighted by Gasteiger charge is 2.15. The molecule has 158 valence electrons. The normalized spacial score (nSPS) is 11.2. The molecular formula is C30H22N2O. The zero-order chi connectivity index (χ0) is 22.2. The molecule has 3 nitrogen and oxygen atoms in total. The summed E-state index contributed by atoms with van der Waals surface area (Å²) in [5.41, 5.74) is 15.2. The van der Waals surface area contributed by atoms with Gasteiger partial charge in [0.15, 0.2) is 0 Å². The molecule has 1 heterocycles. The van der Waals surface area contributed by atoms with Gasteiger partial charge in [-0.25, -0.2) is 0 Å². The molecule has 3 heteroatoms. The van der Waals surface area contributed by atoms with Gasteiger partial charge in [-0.15, -0.1) is 0 Å². The van der Waals surface area contributed by atoms with E-state index in [9.17, 15) is 0 Å². The second-order valence-corrected chi connectivity index (χ2v) is 8.12. The standard InChI is InChI=1S/C30H22N2O/c31-26-19-29-25(24-14-7-8-17-28(24)33-29)18-27(26)32-30-22(20-10-3-1-4-11-20)15-9-16-23(30)21-12-5-2-6-13-21/h1-19,32H,31H2. The van der Waals surface area contributed by atoms with Crippen LogP contribution in [0.5, 0.6) is 0 Å². The number of nitrogen functional groups attached to an aromatic ring is 1. The van der Waals surface area contributed by atoms with Crippen molar-refractivity contribution < 1.29 is 4.42 Å². The highest BCUT2D eigenvalue weighted by molar-refractivity contribution is 6.08. The van der Waals surface area contributed by atoms with Crippen molar-refractivity contribution in [3.8, 4) is 22.3 Å². The summed E-state index contributed by atoms with van der Waals surface area (Å²) in [6.45, 7) is 0.